The highest BCUT2D eigenvalue weighted by molar-refractivity contribution is 5.96. The maximum Gasteiger partial charge on any atom is 0.253 e. The van der Waals surface area contributed by atoms with E-state index in [2.05, 4.69) is 17.2 Å². The Balaban J connectivity index is 2.19. The lowest BCUT2D eigenvalue weighted by Crippen LogP contribution is -2.54. The van der Waals surface area contributed by atoms with Crippen LogP contribution in [-0.2, 0) is 0 Å². The minimum Gasteiger partial charge on any atom is -0.397 e. The molecule has 1 aliphatic carbocycles. The maximum atomic E-state index is 12.4. The van der Waals surface area contributed by atoms with Gasteiger partial charge in [0, 0.05) is 0 Å². The molecule has 1 aromatic rings. The first kappa shape index (κ1) is 14.8. The van der Waals surface area contributed by atoms with Gasteiger partial charge in [-0.25, -0.2) is 0 Å². The molecule has 110 valence electrons. The molecule has 5 heteroatoms. The zero-order valence-electron chi connectivity index (χ0n) is 12.1. The standard InChI is InChI=1S/C15H23N3O2/c1-10-4-3-5-15(7-10,9-19)18-14(20)13-6-12(16)8-17-11(13)2/h6,8,10,19H,3-5,7,9,16H2,1-2H3,(H,18,20). The van der Waals surface area contributed by atoms with Crippen LogP contribution < -0.4 is 11.1 Å². The topological polar surface area (TPSA) is 88.2 Å². The minimum absolute atomic E-state index is 0.0299. The third-order valence-corrected chi connectivity index (χ3v) is 4.13. The molecule has 0 radical (unpaired) electrons. The largest absolute Gasteiger partial charge is 0.397 e. The Kier molecular flexibility index (Phi) is 4.28. The van der Waals surface area contributed by atoms with Gasteiger partial charge in [0.2, 0.25) is 0 Å². The van der Waals surface area contributed by atoms with E-state index in [1.165, 1.54) is 6.20 Å². The van der Waals surface area contributed by atoms with Crippen LogP contribution in [0.5, 0.6) is 0 Å². The summed E-state index contributed by atoms with van der Waals surface area (Å²) >= 11 is 0. The molecule has 20 heavy (non-hydrogen) atoms. The van der Waals surface area contributed by atoms with E-state index in [1.54, 1.807) is 13.0 Å². The Labute approximate surface area is 119 Å². The van der Waals surface area contributed by atoms with Crippen molar-refractivity contribution >= 4 is 11.6 Å². The normalized spacial score (nSPS) is 26.2. The van der Waals surface area contributed by atoms with Crippen molar-refractivity contribution in [3.05, 3.63) is 23.5 Å². The lowest BCUT2D eigenvalue weighted by Gasteiger charge is -2.39. The molecule has 2 atom stereocenters. The number of pyridine rings is 1. The van der Waals surface area contributed by atoms with Gasteiger partial charge in [0.1, 0.15) is 0 Å². The second-order valence-electron chi connectivity index (χ2n) is 6.00. The molecule has 1 saturated carbocycles. The summed E-state index contributed by atoms with van der Waals surface area (Å²) in [6.07, 6.45) is 5.33. The van der Waals surface area contributed by atoms with Crippen LogP contribution in [0.4, 0.5) is 5.69 Å². The number of aromatic nitrogens is 1. The molecular weight excluding hydrogens is 254 g/mol. The van der Waals surface area contributed by atoms with Gasteiger partial charge in [-0.15, -0.1) is 0 Å². The molecule has 1 amide bonds. The van der Waals surface area contributed by atoms with Gasteiger partial charge >= 0.3 is 0 Å². The SMILES string of the molecule is Cc1ncc(N)cc1C(=O)NC1(CO)CCCC(C)C1. The maximum absolute atomic E-state index is 12.4. The van der Waals surface area contributed by atoms with Crippen molar-refractivity contribution in [2.75, 3.05) is 12.3 Å². The van der Waals surface area contributed by atoms with Gasteiger partial charge in [-0.2, -0.15) is 0 Å². The quantitative estimate of drug-likeness (QED) is 0.783. The number of nitrogen functional groups attached to an aromatic ring is 1. The minimum atomic E-state index is -0.508. The molecule has 0 spiro atoms. The number of nitrogens with one attached hydrogen (secondary N) is 1. The molecule has 0 aliphatic heterocycles. The summed E-state index contributed by atoms with van der Waals surface area (Å²) in [5.74, 6) is 0.307. The molecule has 2 unspecified atom stereocenters. The van der Waals surface area contributed by atoms with Crippen molar-refractivity contribution in [2.24, 2.45) is 5.92 Å². The average Bonchev–Trinajstić information content (AvgIpc) is 2.41. The van der Waals surface area contributed by atoms with E-state index >= 15 is 0 Å². The van der Waals surface area contributed by atoms with Gasteiger partial charge in [0.05, 0.1) is 35.3 Å². The zero-order chi connectivity index (χ0) is 14.8. The number of hydrogen-bond acceptors (Lipinski definition) is 4. The van der Waals surface area contributed by atoms with Crippen LogP contribution in [0.3, 0.4) is 0 Å². The Bertz CT molecular complexity index is 504. The van der Waals surface area contributed by atoms with Crippen LogP contribution in [0, 0.1) is 12.8 Å². The third-order valence-electron chi connectivity index (χ3n) is 4.13. The highest BCUT2D eigenvalue weighted by atomic mass is 16.3. The summed E-state index contributed by atoms with van der Waals surface area (Å²) in [7, 11) is 0. The lowest BCUT2D eigenvalue weighted by molar-refractivity contribution is 0.0696. The molecule has 1 aromatic heterocycles. The van der Waals surface area contributed by atoms with Crippen molar-refractivity contribution in [1.82, 2.24) is 10.3 Å². The second-order valence-corrected chi connectivity index (χ2v) is 6.00. The lowest BCUT2D eigenvalue weighted by atomic mass is 9.76. The number of anilines is 1. The van der Waals surface area contributed by atoms with Gasteiger partial charge in [0.15, 0.2) is 0 Å². The Morgan fingerprint density at radius 1 is 1.65 bits per heavy atom. The molecule has 0 saturated heterocycles. The predicted octanol–water partition coefficient (Wildman–Crippen LogP) is 1.64. The van der Waals surface area contributed by atoms with Gasteiger partial charge in [-0.3, -0.25) is 9.78 Å². The highest BCUT2D eigenvalue weighted by Crippen LogP contribution is 2.32. The van der Waals surface area contributed by atoms with Gasteiger partial charge < -0.3 is 16.2 Å². The molecule has 0 bridgehead atoms. The molecule has 1 aliphatic rings. The molecular formula is C15H23N3O2. The fourth-order valence-corrected chi connectivity index (χ4v) is 3.04. The van der Waals surface area contributed by atoms with Crippen LogP contribution in [0.1, 0.15) is 48.7 Å². The first-order chi connectivity index (χ1) is 9.46. The number of aliphatic hydroxyl groups excluding tert-OH is 1. The number of aliphatic hydroxyl groups is 1. The number of hydrogen-bond donors (Lipinski definition) is 3. The highest BCUT2D eigenvalue weighted by Gasteiger charge is 2.36. The number of nitrogens with zero attached hydrogens (tertiary/aromatic N) is 1. The van der Waals surface area contributed by atoms with Crippen LogP contribution in [0.25, 0.3) is 0 Å². The van der Waals surface area contributed by atoms with Crippen LogP contribution in [0.15, 0.2) is 12.3 Å². The number of aryl methyl sites for hydroxylation is 1. The van der Waals surface area contributed by atoms with Crippen molar-refractivity contribution in [3.8, 4) is 0 Å². The molecule has 4 N–H and O–H groups in total. The predicted molar refractivity (Wildman–Crippen MR) is 78.3 cm³/mol. The van der Waals surface area contributed by atoms with E-state index in [9.17, 15) is 9.90 Å². The number of rotatable bonds is 3. The van der Waals surface area contributed by atoms with Gasteiger partial charge in [0.25, 0.3) is 5.91 Å². The number of nitrogens with two attached hydrogens (primary N) is 1. The van der Waals surface area contributed by atoms with Crippen molar-refractivity contribution in [3.63, 3.8) is 0 Å². The van der Waals surface area contributed by atoms with Crippen molar-refractivity contribution in [2.45, 2.75) is 45.1 Å². The molecule has 1 fully saturated rings. The fourth-order valence-electron chi connectivity index (χ4n) is 3.04. The number of amides is 1. The summed E-state index contributed by atoms with van der Waals surface area (Å²) < 4.78 is 0. The summed E-state index contributed by atoms with van der Waals surface area (Å²) in [5, 5.41) is 12.7. The molecule has 2 rings (SSSR count). The first-order valence-corrected chi connectivity index (χ1v) is 7.11. The number of carbonyl (C=O) groups is 1. The Morgan fingerprint density at radius 2 is 2.40 bits per heavy atom. The summed E-state index contributed by atoms with van der Waals surface area (Å²) in [5.41, 5.74) is 6.78. The molecule has 5 nitrogen and oxygen atoms in total. The van der Waals surface area contributed by atoms with E-state index in [0.717, 1.165) is 25.7 Å². The monoisotopic (exact) mass is 277 g/mol. The van der Waals surface area contributed by atoms with E-state index in [-0.39, 0.29) is 12.5 Å². The summed E-state index contributed by atoms with van der Waals surface area (Å²) in [6.45, 7) is 3.91. The van der Waals surface area contributed by atoms with Crippen molar-refractivity contribution in [1.29, 1.82) is 0 Å². The van der Waals surface area contributed by atoms with E-state index in [0.29, 0.717) is 22.9 Å². The third kappa shape index (κ3) is 3.10. The van der Waals surface area contributed by atoms with Crippen LogP contribution in [0.2, 0.25) is 0 Å². The van der Waals surface area contributed by atoms with Crippen LogP contribution in [-0.4, -0.2) is 28.1 Å². The van der Waals surface area contributed by atoms with Crippen molar-refractivity contribution < 1.29 is 9.90 Å². The molecule has 0 aromatic carbocycles. The van der Waals surface area contributed by atoms with Gasteiger partial charge in [-0.1, -0.05) is 19.8 Å². The van der Waals surface area contributed by atoms with E-state index < -0.39 is 5.54 Å². The Hall–Kier alpha value is -1.62. The smallest absolute Gasteiger partial charge is 0.253 e. The van der Waals surface area contributed by atoms with E-state index in [1.807, 2.05) is 0 Å². The second kappa shape index (κ2) is 5.79. The molecule has 1 heterocycles. The Morgan fingerprint density at radius 3 is 3.05 bits per heavy atom. The summed E-state index contributed by atoms with van der Waals surface area (Å²) in [6, 6.07) is 1.63. The first-order valence-electron chi connectivity index (χ1n) is 7.11. The number of carbonyl (C=O) groups excluding carboxylic acids is 1. The van der Waals surface area contributed by atoms with Gasteiger partial charge in [-0.05, 0) is 31.7 Å². The average molecular weight is 277 g/mol. The summed E-state index contributed by atoms with van der Waals surface area (Å²) in [4.78, 5) is 16.5. The zero-order valence-corrected chi connectivity index (χ0v) is 12.1. The van der Waals surface area contributed by atoms with Crippen LogP contribution >= 0.6 is 0 Å². The van der Waals surface area contributed by atoms with E-state index in [4.69, 9.17) is 5.73 Å². The fraction of sp³-hybridized carbons (Fsp3) is 0.600.